The molecule has 2 N–H and O–H groups in total. The Labute approximate surface area is 162 Å². The lowest BCUT2D eigenvalue weighted by Gasteiger charge is -2.07. The van der Waals surface area contributed by atoms with E-state index in [9.17, 15) is 18.6 Å². The van der Waals surface area contributed by atoms with Gasteiger partial charge in [-0.15, -0.1) is 0 Å². The third-order valence-electron chi connectivity index (χ3n) is 4.64. The second-order valence-corrected chi connectivity index (χ2v) is 8.81. The molecule has 142 valence electrons. The van der Waals surface area contributed by atoms with Crippen LogP contribution >= 0.6 is 0 Å². The molecule has 0 atom stereocenters. The molecule has 0 aliphatic rings. The van der Waals surface area contributed by atoms with Gasteiger partial charge in [-0.25, -0.2) is 8.42 Å². The molecule has 4 rings (SSSR count). The van der Waals surface area contributed by atoms with Crippen molar-refractivity contribution in [2.45, 2.75) is 11.8 Å². The number of benzene rings is 3. The molecule has 0 bridgehead atoms. The van der Waals surface area contributed by atoms with Gasteiger partial charge in [0.25, 0.3) is 0 Å². The highest BCUT2D eigenvalue weighted by molar-refractivity contribution is 7.90. The average Bonchev–Trinajstić information content (AvgIpc) is 3.01. The molecule has 0 aliphatic carbocycles. The quantitative estimate of drug-likeness (QED) is 0.516. The number of sulfone groups is 1. The van der Waals surface area contributed by atoms with E-state index in [0.29, 0.717) is 27.9 Å². The van der Waals surface area contributed by atoms with E-state index in [0.717, 1.165) is 17.4 Å². The Hall–Kier alpha value is -3.25. The van der Waals surface area contributed by atoms with E-state index >= 15 is 0 Å². The van der Waals surface area contributed by atoms with Crippen molar-refractivity contribution in [1.29, 1.82) is 0 Å². The Balaban J connectivity index is 2.09. The summed E-state index contributed by atoms with van der Waals surface area (Å²) >= 11 is 0. The second kappa shape index (κ2) is 6.42. The number of furan rings is 1. The van der Waals surface area contributed by atoms with Crippen molar-refractivity contribution < 1.29 is 23.0 Å². The van der Waals surface area contributed by atoms with Gasteiger partial charge in [0.05, 0.1) is 4.90 Å². The Morgan fingerprint density at radius 3 is 2.25 bits per heavy atom. The lowest BCUT2D eigenvalue weighted by Crippen LogP contribution is -1.96. The van der Waals surface area contributed by atoms with E-state index in [1.165, 1.54) is 0 Å². The van der Waals surface area contributed by atoms with E-state index in [4.69, 9.17) is 4.42 Å². The monoisotopic (exact) mass is 394 g/mol. The van der Waals surface area contributed by atoms with Crippen molar-refractivity contribution in [3.05, 3.63) is 66.2 Å². The summed E-state index contributed by atoms with van der Waals surface area (Å²) in [6.07, 6.45) is 1.16. The molecule has 0 radical (unpaired) electrons. The Bertz CT molecular complexity index is 1300. The molecule has 0 aliphatic heterocycles. The van der Waals surface area contributed by atoms with Crippen LogP contribution in [0.3, 0.4) is 0 Å². The topological polar surface area (TPSA) is 87.7 Å². The summed E-state index contributed by atoms with van der Waals surface area (Å²) in [5, 5.41) is 20.4. The molecule has 0 amide bonds. The Kier molecular flexibility index (Phi) is 4.16. The minimum absolute atomic E-state index is 0.101. The fourth-order valence-electron chi connectivity index (χ4n) is 3.34. The second-order valence-electron chi connectivity index (χ2n) is 6.79. The highest BCUT2D eigenvalue weighted by Crippen LogP contribution is 2.43. The van der Waals surface area contributed by atoms with Gasteiger partial charge >= 0.3 is 0 Å². The van der Waals surface area contributed by atoms with E-state index in [1.54, 1.807) is 54.6 Å². The van der Waals surface area contributed by atoms with Crippen molar-refractivity contribution in [2.24, 2.45) is 0 Å². The molecule has 4 aromatic rings. The van der Waals surface area contributed by atoms with Crippen LogP contribution in [-0.2, 0) is 9.84 Å². The molecule has 0 saturated carbocycles. The van der Waals surface area contributed by atoms with Crippen LogP contribution in [0.5, 0.6) is 11.5 Å². The summed E-state index contributed by atoms with van der Waals surface area (Å²) in [5.41, 5.74) is 3.45. The molecule has 1 aromatic heterocycles. The van der Waals surface area contributed by atoms with Crippen molar-refractivity contribution in [3.63, 3.8) is 0 Å². The number of phenolic OH excluding ortho intramolecular Hbond substituents is 2. The predicted molar refractivity (Wildman–Crippen MR) is 108 cm³/mol. The van der Waals surface area contributed by atoms with Crippen LogP contribution < -0.4 is 0 Å². The Morgan fingerprint density at radius 2 is 1.57 bits per heavy atom. The smallest absolute Gasteiger partial charge is 0.175 e. The number of fused-ring (bicyclic) bond motifs is 1. The first-order chi connectivity index (χ1) is 13.2. The molecular formula is C22H18O5S. The highest BCUT2D eigenvalue weighted by atomic mass is 32.2. The normalized spacial score (nSPS) is 11.8. The largest absolute Gasteiger partial charge is 0.508 e. The van der Waals surface area contributed by atoms with Gasteiger partial charge in [0.15, 0.2) is 9.84 Å². The molecule has 5 nitrogen and oxygen atoms in total. The molecule has 0 spiro atoms. The van der Waals surface area contributed by atoms with Gasteiger partial charge in [0, 0.05) is 22.8 Å². The van der Waals surface area contributed by atoms with Crippen molar-refractivity contribution in [2.75, 3.05) is 6.26 Å². The van der Waals surface area contributed by atoms with Gasteiger partial charge in [0.2, 0.25) is 0 Å². The lowest BCUT2D eigenvalue weighted by molar-refractivity contribution is 0.474. The first-order valence-electron chi connectivity index (χ1n) is 8.60. The SMILES string of the molecule is Cc1cc(O)cc2c(-c3cccc(S(C)(=O)=O)c3)c(-c3ccc(O)cc3)oc12. The summed E-state index contributed by atoms with van der Waals surface area (Å²) in [5.74, 6) is 0.771. The fraction of sp³-hybridized carbons (Fsp3) is 0.0909. The van der Waals surface area contributed by atoms with Gasteiger partial charge in [-0.1, -0.05) is 12.1 Å². The van der Waals surface area contributed by atoms with Crippen molar-refractivity contribution in [1.82, 2.24) is 0 Å². The standard InChI is InChI=1S/C22H18O5S/c1-13-10-17(24)12-19-20(15-4-3-5-18(11-15)28(2,25)26)22(27-21(13)19)14-6-8-16(23)9-7-14/h3-12,23-24H,1-2H3. The molecule has 6 heteroatoms. The minimum atomic E-state index is -3.38. The molecule has 0 unspecified atom stereocenters. The van der Waals surface area contributed by atoms with Crippen molar-refractivity contribution >= 4 is 20.8 Å². The number of aromatic hydroxyl groups is 2. The summed E-state index contributed by atoms with van der Waals surface area (Å²) in [6, 6.07) is 16.4. The third-order valence-corrected chi connectivity index (χ3v) is 5.75. The number of phenols is 2. The average molecular weight is 394 g/mol. The van der Waals surface area contributed by atoms with Gasteiger partial charge < -0.3 is 14.6 Å². The van der Waals surface area contributed by atoms with Crippen LogP contribution in [0.15, 0.2) is 70.0 Å². The fourth-order valence-corrected chi connectivity index (χ4v) is 4.00. The number of aryl methyl sites for hydroxylation is 1. The minimum Gasteiger partial charge on any atom is -0.508 e. The van der Waals surface area contributed by atoms with Crippen LogP contribution in [0.2, 0.25) is 0 Å². The summed E-state index contributed by atoms with van der Waals surface area (Å²) < 4.78 is 30.2. The maximum atomic E-state index is 12.0. The van der Waals surface area contributed by atoms with Crippen LogP contribution in [-0.4, -0.2) is 24.9 Å². The molecule has 28 heavy (non-hydrogen) atoms. The number of hydrogen-bond acceptors (Lipinski definition) is 5. The number of hydrogen-bond donors (Lipinski definition) is 2. The molecule has 0 fully saturated rings. The lowest BCUT2D eigenvalue weighted by atomic mass is 9.97. The van der Waals surface area contributed by atoms with E-state index in [2.05, 4.69) is 0 Å². The van der Waals surface area contributed by atoms with E-state index in [-0.39, 0.29) is 16.4 Å². The van der Waals surface area contributed by atoms with Gasteiger partial charge in [0.1, 0.15) is 22.8 Å². The van der Waals surface area contributed by atoms with E-state index < -0.39 is 9.84 Å². The Morgan fingerprint density at radius 1 is 0.857 bits per heavy atom. The number of rotatable bonds is 3. The van der Waals surface area contributed by atoms with Crippen molar-refractivity contribution in [3.8, 4) is 33.9 Å². The highest BCUT2D eigenvalue weighted by Gasteiger charge is 2.21. The molecular weight excluding hydrogens is 376 g/mol. The van der Waals surface area contributed by atoms with Crippen LogP contribution in [0.1, 0.15) is 5.56 Å². The zero-order valence-electron chi connectivity index (χ0n) is 15.3. The summed E-state index contributed by atoms with van der Waals surface area (Å²) in [6.45, 7) is 1.84. The zero-order chi connectivity index (χ0) is 20.1. The molecule has 1 heterocycles. The molecule has 3 aromatic carbocycles. The maximum absolute atomic E-state index is 12.0. The summed E-state index contributed by atoms with van der Waals surface area (Å²) in [4.78, 5) is 0.202. The van der Waals surface area contributed by atoms with Crippen LogP contribution in [0.4, 0.5) is 0 Å². The molecule has 0 saturated heterocycles. The zero-order valence-corrected chi connectivity index (χ0v) is 16.1. The van der Waals surface area contributed by atoms with Gasteiger partial charge in [-0.2, -0.15) is 0 Å². The van der Waals surface area contributed by atoms with Gasteiger partial charge in [-0.3, -0.25) is 0 Å². The first-order valence-corrected chi connectivity index (χ1v) is 10.5. The maximum Gasteiger partial charge on any atom is 0.175 e. The van der Waals surface area contributed by atoms with Gasteiger partial charge in [-0.05, 0) is 66.6 Å². The first kappa shape index (κ1) is 18.1. The van der Waals surface area contributed by atoms with Crippen LogP contribution in [0, 0.1) is 6.92 Å². The third kappa shape index (κ3) is 3.12. The summed E-state index contributed by atoms with van der Waals surface area (Å²) in [7, 11) is -3.38. The predicted octanol–water partition coefficient (Wildman–Crippen LogP) is 4.89. The van der Waals surface area contributed by atoms with E-state index in [1.807, 2.05) is 13.0 Å². The van der Waals surface area contributed by atoms with Crippen LogP contribution in [0.25, 0.3) is 33.4 Å².